The van der Waals surface area contributed by atoms with Crippen LogP contribution in [-0.4, -0.2) is 38.7 Å². The summed E-state index contributed by atoms with van der Waals surface area (Å²) >= 11 is 1.34. The average Bonchev–Trinajstić information content (AvgIpc) is 2.57. The Bertz CT molecular complexity index is 787. The maximum atomic E-state index is 12.4. The number of carbonyl (C=O) groups is 1. The molecular weight excluding hydrogens is 310 g/mol. The Labute approximate surface area is 139 Å². The van der Waals surface area contributed by atoms with Crippen molar-refractivity contribution in [1.82, 2.24) is 14.5 Å². The number of likely N-dealkylation sites (tertiary alicyclic amines) is 1. The van der Waals surface area contributed by atoms with Gasteiger partial charge in [-0.1, -0.05) is 23.9 Å². The van der Waals surface area contributed by atoms with Crippen molar-refractivity contribution in [3.63, 3.8) is 0 Å². The fourth-order valence-electron chi connectivity index (χ4n) is 3.00. The maximum Gasteiger partial charge on any atom is 0.261 e. The number of piperidine rings is 1. The van der Waals surface area contributed by atoms with Gasteiger partial charge < -0.3 is 4.90 Å². The number of thioether (sulfide) groups is 1. The van der Waals surface area contributed by atoms with E-state index in [-0.39, 0.29) is 11.5 Å². The van der Waals surface area contributed by atoms with Crippen molar-refractivity contribution in [3.05, 3.63) is 34.6 Å². The molecule has 3 rings (SSSR count). The highest BCUT2D eigenvalue weighted by atomic mass is 32.2. The molecule has 0 N–H and O–H groups in total. The second kappa shape index (κ2) is 6.74. The number of hydrogen-bond acceptors (Lipinski definition) is 4. The third-order valence-corrected chi connectivity index (χ3v) is 5.40. The van der Waals surface area contributed by atoms with E-state index in [4.69, 9.17) is 0 Å². The van der Waals surface area contributed by atoms with Gasteiger partial charge >= 0.3 is 0 Å². The molecular formula is C17H21N3O2S. The summed E-state index contributed by atoms with van der Waals surface area (Å²) < 4.78 is 1.53. The Morgan fingerprint density at radius 1 is 1.35 bits per heavy atom. The molecule has 0 unspecified atom stereocenters. The first-order valence-corrected chi connectivity index (χ1v) is 8.94. The summed E-state index contributed by atoms with van der Waals surface area (Å²) in [7, 11) is 1.71. The lowest BCUT2D eigenvalue weighted by Crippen LogP contribution is -2.43. The number of aromatic nitrogens is 2. The molecule has 5 nitrogen and oxygen atoms in total. The molecule has 1 aliphatic rings. The van der Waals surface area contributed by atoms with Gasteiger partial charge in [-0.3, -0.25) is 14.2 Å². The van der Waals surface area contributed by atoms with E-state index in [9.17, 15) is 9.59 Å². The summed E-state index contributed by atoms with van der Waals surface area (Å²) in [5, 5.41) is 1.20. The van der Waals surface area contributed by atoms with E-state index in [0.717, 1.165) is 19.4 Å². The molecule has 23 heavy (non-hydrogen) atoms. The number of benzene rings is 1. The number of rotatable bonds is 3. The number of nitrogens with zero attached hydrogens (tertiary/aromatic N) is 3. The molecule has 1 aromatic heterocycles. The Hall–Kier alpha value is -1.82. The van der Waals surface area contributed by atoms with Crippen LogP contribution in [0.25, 0.3) is 10.9 Å². The summed E-state index contributed by atoms with van der Waals surface area (Å²) in [5.41, 5.74) is 0.605. The quantitative estimate of drug-likeness (QED) is 0.640. The van der Waals surface area contributed by atoms with E-state index >= 15 is 0 Å². The van der Waals surface area contributed by atoms with Gasteiger partial charge in [0.15, 0.2) is 5.16 Å². The van der Waals surface area contributed by atoms with Gasteiger partial charge in [0.25, 0.3) is 5.56 Å². The number of fused-ring (bicyclic) bond motifs is 1. The van der Waals surface area contributed by atoms with Crippen molar-refractivity contribution in [2.75, 3.05) is 12.3 Å². The van der Waals surface area contributed by atoms with Gasteiger partial charge in [-0.05, 0) is 38.3 Å². The van der Waals surface area contributed by atoms with Crippen molar-refractivity contribution < 1.29 is 4.79 Å². The monoisotopic (exact) mass is 331 g/mol. The molecule has 1 amide bonds. The lowest BCUT2D eigenvalue weighted by Gasteiger charge is -2.33. The van der Waals surface area contributed by atoms with Crippen molar-refractivity contribution in [3.8, 4) is 0 Å². The number of carbonyl (C=O) groups excluding carboxylic acids is 1. The highest BCUT2D eigenvalue weighted by Crippen LogP contribution is 2.21. The maximum absolute atomic E-state index is 12.4. The SMILES string of the molecule is C[C@H]1CCCCN1C(=O)CSc1nc2ccccc2c(=O)n1C. The molecule has 1 aromatic carbocycles. The zero-order chi connectivity index (χ0) is 16.4. The second-order valence-corrected chi connectivity index (χ2v) is 6.94. The van der Waals surface area contributed by atoms with E-state index in [2.05, 4.69) is 11.9 Å². The highest BCUT2D eigenvalue weighted by Gasteiger charge is 2.23. The van der Waals surface area contributed by atoms with Crippen LogP contribution < -0.4 is 5.56 Å². The van der Waals surface area contributed by atoms with E-state index in [1.165, 1.54) is 22.7 Å². The van der Waals surface area contributed by atoms with Crippen LogP contribution in [-0.2, 0) is 11.8 Å². The molecule has 0 spiro atoms. The minimum absolute atomic E-state index is 0.0723. The fourth-order valence-corrected chi connectivity index (χ4v) is 3.86. The molecule has 0 radical (unpaired) electrons. The predicted octanol–water partition coefficient (Wildman–Crippen LogP) is 2.43. The second-order valence-electron chi connectivity index (χ2n) is 6.00. The third-order valence-electron chi connectivity index (χ3n) is 4.39. The van der Waals surface area contributed by atoms with Crippen LogP contribution >= 0.6 is 11.8 Å². The van der Waals surface area contributed by atoms with Crippen LogP contribution in [0.5, 0.6) is 0 Å². The lowest BCUT2D eigenvalue weighted by atomic mass is 10.0. The predicted molar refractivity (Wildman–Crippen MR) is 92.7 cm³/mol. The lowest BCUT2D eigenvalue weighted by molar-refractivity contribution is -0.131. The van der Waals surface area contributed by atoms with Crippen LogP contribution in [0.3, 0.4) is 0 Å². The molecule has 1 saturated heterocycles. The third kappa shape index (κ3) is 3.27. The van der Waals surface area contributed by atoms with Crippen molar-refractivity contribution in [2.45, 2.75) is 37.4 Å². The van der Waals surface area contributed by atoms with Gasteiger partial charge in [-0.15, -0.1) is 0 Å². The summed E-state index contributed by atoms with van der Waals surface area (Å²) in [6.45, 7) is 2.94. The first kappa shape index (κ1) is 16.1. The van der Waals surface area contributed by atoms with Crippen LogP contribution in [0.15, 0.2) is 34.2 Å². The molecule has 0 aliphatic carbocycles. The van der Waals surface area contributed by atoms with Gasteiger partial charge in [-0.2, -0.15) is 0 Å². The molecule has 2 aromatic rings. The van der Waals surface area contributed by atoms with E-state index < -0.39 is 0 Å². The van der Waals surface area contributed by atoms with Crippen molar-refractivity contribution >= 4 is 28.6 Å². The van der Waals surface area contributed by atoms with E-state index in [1.54, 1.807) is 13.1 Å². The van der Waals surface area contributed by atoms with Gasteiger partial charge in [0.1, 0.15) is 0 Å². The Morgan fingerprint density at radius 3 is 2.91 bits per heavy atom. The Morgan fingerprint density at radius 2 is 2.13 bits per heavy atom. The summed E-state index contributed by atoms with van der Waals surface area (Å²) in [4.78, 5) is 31.3. The number of hydrogen-bond donors (Lipinski definition) is 0. The zero-order valence-corrected chi connectivity index (χ0v) is 14.3. The minimum Gasteiger partial charge on any atom is -0.339 e. The van der Waals surface area contributed by atoms with E-state index in [0.29, 0.717) is 27.9 Å². The molecule has 122 valence electrons. The summed E-state index contributed by atoms with van der Waals surface area (Å²) in [5.74, 6) is 0.452. The van der Waals surface area contributed by atoms with Gasteiger partial charge in [0.2, 0.25) is 5.91 Å². The molecule has 1 atom stereocenters. The van der Waals surface area contributed by atoms with Crippen LogP contribution in [0.4, 0.5) is 0 Å². The Kier molecular flexibility index (Phi) is 4.71. The molecule has 1 fully saturated rings. The van der Waals surface area contributed by atoms with Gasteiger partial charge in [0, 0.05) is 19.6 Å². The summed E-state index contributed by atoms with van der Waals surface area (Å²) in [6, 6.07) is 7.61. The highest BCUT2D eigenvalue weighted by molar-refractivity contribution is 7.99. The topological polar surface area (TPSA) is 55.2 Å². The van der Waals surface area contributed by atoms with Crippen LogP contribution in [0.2, 0.25) is 0 Å². The van der Waals surface area contributed by atoms with Crippen molar-refractivity contribution in [2.24, 2.45) is 7.05 Å². The van der Waals surface area contributed by atoms with Crippen molar-refractivity contribution in [1.29, 1.82) is 0 Å². The van der Waals surface area contributed by atoms with Crippen LogP contribution in [0, 0.1) is 0 Å². The molecule has 0 bridgehead atoms. The first-order valence-electron chi connectivity index (χ1n) is 7.96. The van der Waals surface area contributed by atoms with E-state index in [1.807, 2.05) is 23.1 Å². The smallest absolute Gasteiger partial charge is 0.261 e. The zero-order valence-electron chi connectivity index (χ0n) is 13.5. The fraction of sp³-hybridized carbons (Fsp3) is 0.471. The number of para-hydroxylation sites is 1. The average molecular weight is 331 g/mol. The molecule has 0 saturated carbocycles. The largest absolute Gasteiger partial charge is 0.339 e. The number of amides is 1. The minimum atomic E-state index is -0.0723. The Balaban J connectivity index is 1.78. The first-order chi connectivity index (χ1) is 11.1. The van der Waals surface area contributed by atoms with Gasteiger partial charge in [0.05, 0.1) is 16.7 Å². The van der Waals surface area contributed by atoms with Crippen LogP contribution in [0.1, 0.15) is 26.2 Å². The molecule has 2 heterocycles. The standard InChI is InChI=1S/C17H21N3O2S/c1-12-7-5-6-10-20(12)15(21)11-23-17-18-14-9-4-3-8-13(14)16(22)19(17)2/h3-4,8-9,12H,5-7,10-11H2,1-2H3/t12-/m0/s1. The molecule has 6 heteroatoms. The molecule has 1 aliphatic heterocycles. The van der Waals surface area contributed by atoms with Gasteiger partial charge in [-0.25, -0.2) is 4.98 Å². The summed E-state index contributed by atoms with van der Waals surface area (Å²) in [6.07, 6.45) is 3.34. The normalized spacial score (nSPS) is 18.3.